The van der Waals surface area contributed by atoms with Gasteiger partial charge >= 0.3 is 19.8 Å². The van der Waals surface area contributed by atoms with Crippen LogP contribution in [0, 0.1) is 0 Å². The number of halogens is 2. The molecule has 0 saturated carbocycles. The quantitative estimate of drug-likeness (QED) is 0.416. The minimum atomic E-state index is -1.08. The molecule has 0 N–H and O–H groups in total. The van der Waals surface area contributed by atoms with Gasteiger partial charge in [-0.05, 0) is 6.92 Å². The summed E-state index contributed by atoms with van der Waals surface area (Å²) < 4.78 is 0. The van der Waals surface area contributed by atoms with Crippen molar-refractivity contribution in [1.29, 1.82) is 0 Å². The Labute approximate surface area is 76.3 Å². The van der Waals surface area contributed by atoms with Gasteiger partial charge in [-0.15, -0.1) is 0 Å². The zero-order valence-electron chi connectivity index (χ0n) is 3.65. The van der Waals surface area contributed by atoms with E-state index in [1.54, 1.807) is 0 Å². The second-order valence-corrected chi connectivity index (χ2v) is 0.492. The zero-order valence-corrected chi connectivity index (χ0v) is 9.24. The Morgan fingerprint density at radius 1 is 1.43 bits per heavy atom. The molecule has 0 aliphatic carbocycles. The minimum absolute atomic E-state index is 0. The third-order valence-corrected chi connectivity index (χ3v) is 0. The van der Waals surface area contributed by atoms with Crippen molar-refractivity contribution in [3.05, 3.63) is 0 Å². The largest absolute Gasteiger partial charge is 3.00 e. The summed E-state index contributed by atoms with van der Waals surface area (Å²) in [7, 11) is 0. The fourth-order valence-electron chi connectivity index (χ4n) is 0. The van der Waals surface area contributed by atoms with Gasteiger partial charge in [-0.2, -0.15) is 0 Å². The maximum Gasteiger partial charge on any atom is 3.00 e. The van der Waals surface area contributed by atoms with Crippen molar-refractivity contribution in [3.8, 4) is 0 Å². The van der Waals surface area contributed by atoms with E-state index in [1.807, 2.05) is 0 Å². The number of carbonyl (C=O) groups excluding carboxylic acids is 1. The van der Waals surface area contributed by atoms with Crippen LogP contribution in [0.4, 0.5) is 0 Å². The van der Waals surface area contributed by atoms with E-state index in [9.17, 15) is 0 Å². The van der Waals surface area contributed by atoms with Gasteiger partial charge in [0.15, 0.2) is 0 Å². The first kappa shape index (κ1) is 24.4. The van der Waals surface area contributed by atoms with Crippen LogP contribution in [-0.4, -0.2) is 25.8 Å². The maximum absolute atomic E-state index is 8.89. The van der Waals surface area contributed by atoms with Gasteiger partial charge in [-0.25, -0.2) is 0 Å². The smallest absolute Gasteiger partial charge is 1.00 e. The Morgan fingerprint density at radius 3 is 1.43 bits per heavy atom. The van der Waals surface area contributed by atoms with Crippen molar-refractivity contribution in [1.82, 2.24) is 0 Å². The van der Waals surface area contributed by atoms with Gasteiger partial charge in [0.2, 0.25) is 0 Å². The first-order chi connectivity index (χ1) is 1.73. The molecule has 0 heterocycles. The second kappa shape index (κ2) is 15.7. The number of hydrogen-bond acceptors (Lipinski definition) is 2. The van der Waals surface area contributed by atoms with Crippen molar-refractivity contribution in [2.24, 2.45) is 0 Å². The molecule has 0 unspecified atom stereocenters. The molecule has 0 spiro atoms. The van der Waals surface area contributed by atoms with Gasteiger partial charge in [0, 0.05) is 5.97 Å². The van der Waals surface area contributed by atoms with Crippen molar-refractivity contribution in [2.75, 3.05) is 0 Å². The van der Waals surface area contributed by atoms with Crippen molar-refractivity contribution < 1.29 is 43.9 Å². The van der Waals surface area contributed by atoms with Gasteiger partial charge < -0.3 is 43.9 Å². The zero-order chi connectivity index (χ0) is 3.58. The number of rotatable bonds is 0. The van der Waals surface area contributed by atoms with Crippen LogP contribution in [0.3, 0.4) is 0 Å². The summed E-state index contributed by atoms with van der Waals surface area (Å²) in [5.74, 6) is -1.08. The molecule has 40 valence electrons. The normalized spacial score (nSPS) is 3.57. The average molecular weight is 289 g/mol. The molecule has 0 bridgehead atoms. The number of carboxylic acids is 1. The van der Waals surface area contributed by atoms with Crippen molar-refractivity contribution in [3.63, 3.8) is 0 Å². The standard InChI is InChI=1S/C2H4O2.2BrH.Ga/c1-2(3)4;;;/h1H3,(H,3,4);2*1H;/q;;;+3/p-3. The van der Waals surface area contributed by atoms with Crippen molar-refractivity contribution >= 4 is 25.8 Å². The van der Waals surface area contributed by atoms with E-state index in [0.29, 0.717) is 0 Å². The summed E-state index contributed by atoms with van der Waals surface area (Å²) >= 11 is 0. The molecule has 0 aliphatic rings. The number of carbonyl (C=O) groups is 1. The van der Waals surface area contributed by atoms with Crippen LogP contribution >= 0.6 is 0 Å². The van der Waals surface area contributed by atoms with Crippen LogP contribution in [-0.2, 0) is 4.79 Å². The van der Waals surface area contributed by atoms with Gasteiger partial charge in [0.1, 0.15) is 0 Å². The van der Waals surface area contributed by atoms with E-state index in [1.165, 1.54) is 0 Å². The van der Waals surface area contributed by atoms with Crippen LogP contribution in [0.5, 0.6) is 0 Å². The van der Waals surface area contributed by atoms with E-state index in [2.05, 4.69) is 0 Å². The van der Waals surface area contributed by atoms with Crippen LogP contribution in [0.2, 0.25) is 0 Å². The first-order valence-electron chi connectivity index (χ1n) is 0.908. The molecule has 0 saturated heterocycles. The van der Waals surface area contributed by atoms with Crippen LogP contribution < -0.4 is 39.1 Å². The molecule has 7 heavy (non-hydrogen) atoms. The molecule has 0 rings (SSSR count). The SMILES string of the molecule is CC(=O)[O-].[Br-].[Br-].[Ga+3]. The minimum Gasteiger partial charge on any atom is -1.00 e. The molecule has 0 amide bonds. The van der Waals surface area contributed by atoms with Crippen LogP contribution in [0.15, 0.2) is 0 Å². The van der Waals surface area contributed by atoms with Crippen LogP contribution in [0.25, 0.3) is 0 Å². The molecule has 0 aromatic heterocycles. The van der Waals surface area contributed by atoms with E-state index in [0.717, 1.165) is 6.92 Å². The van der Waals surface area contributed by atoms with E-state index < -0.39 is 5.97 Å². The van der Waals surface area contributed by atoms with Crippen molar-refractivity contribution in [2.45, 2.75) is 6.92 Å². The number of carboxylic acid groups (broad SMARTS) is 1. The molecular weight excluding hydrogens is 286 g/mol. The molecule has 0 aromatic carbocycles. The van der Waals surface area contributed by atoms with E-state index >= 15 is 0 Å². The molecule has 0 aromatic rings. The first-order valence-corrected chi connectivity index (χ1v) is 0.908. The van der Waals surface area contributed by atoms with Crippen LogP contribution in [0.1, 0.15) is 6.92 Å². The van der Waals surface area contributed by atoms with Gasteiger partial charge in [0.05, 0.1) is 0 Å². The topological polar surface area (TPSA) is 40.1 Å². The molecule has 2 nitrogen and oxygen atoms in total. The van der Waals surface area contributed by atoms with Gasteiger partial charge in [-0.1, -0.05) is 0 Å². The molecule has 0 radical (unpaired) electrons. The summed E-state index contributed by atoms with van der Waals surface area (Å²) in [5.41, 5.74) is 0. The number of aliphatic carboxylic acids is 1. The van der Waals surface area contributed by atoms with Gasteiger partial charge in [-0.3, -0.25) is 0 Å². The Hall–Kier alpha value is 1.07. The second-order valence-electron chi connectivity index (χ2n) is 0.492. The summed E-state index contributed by atoms with van der Waals surface area (Å²) in [5, 5.41) is 8.89. The summed E-state index contributed by atoms with van der Waals surface area (Å²) in [4.78, 5) is 8.89. The predicted molar refractivity (Wildman–Crippen MR) is 16.4 cm³/mol. The van der Waals surface area contributed by atoms with Gasteiger partial charge in [0.25, 0.3) is 0 Å². The predicted octanol–water partition coefficient (Wildman–Crippen LogP) is -7.62. The monoisotopic (exact) mass is 286 g/mol. The summed E-state index contributed by atoms with van der Waals surface area (Å²) in [6.07, 6.45) is 0. The van der Waals surface area contributed by atoms with E-state index in [-0.39, 0.29) is 53.8 Å². The fourth-order valence-corrected chi connectivity index (χ4v) is 0. The molecular formula is C2H3Br2GaO2. The molecule has 0 aliphatic heterocycles. The molecule has 5 heteroatoms. The Morgan fingerprint density at radius 2 is 1.43 bits per heavy atom. The van der Waals surface area contributed by atoms with E-state index in [4.69, 9.17) is 9.90 Å². The third-order valence-electron chi connectivity index (χ3n) is 0. The average Bonchev–Trinajstić information content (AvgIpc) is 0.811. The maximum atomic E-state index is 8.89. The Kier molecular flexibility index (Phi) is 54.7. The molecule has 0 fully saturated rings. The number of hydrogen-bond donors (Lipinski definition) is 0. The third kappa shape index (κ3) is 160. The fraction of sp³-hybridized carbons (Fsp3) is 0.500. The summed E-state index contributed by atoms with van der Waals surface area (Å²) in [6, 6.07) is 0. The molecule has 0 atom stereocenters. The Bertz CT molecular complexity index is 36.7. The summed E-state index contributed by atoms with van der Waals surface area (Å²) in [6.45, 7) is 0.972. The Balaban J connectivity index is -0.0000000150.